The number of aromatic nitrogens is 4. The molecule has 0 bridgehead atoms. The first kappa shape index (κ1) is 19.8. The summed E-state index contributed by atoms with van der Waals surface area (Å²) in [7, 11) is 4.28. The molecule has 8 nitrogen and oxygen atoms in total. The Morgan fingerprint density at radius 2 is 1.82 bits per heavy atom. The summed E-state index contributed by atoms with van der Waals surface area (Å²) in [6.07, 6.45) is 0.496. The van der Waals surface area contributed by atoms with Gasteiger partial charge in [-0.05, 0) is 6.42 Å². The molecule has 0 aliphatic carbocycles. The van der Waals surface area contributed by atoms with Gasteiger partial charge in [-0.3, -0.25) is 18.7 Å². The fraction of sp³-hybridized carbons (Fsp3) is 0.316. The zero-order valence-electron chi connectivity index (χ0n) is 16.0. The molecule has 0 N–H and O–H groups in total. The predicted molar refractivity (Wildman–Crippen MR) is 107 cm³/mol. The Morgan fingerprint density at radius 3 is 2.43 bits per heavy atom. The minimum Gasteiger partial charge on any atom is -0.468 e. The van der Waals surface area contributed by atoms with Crippen molar-refractivity contribution in [1.82, 2.24) is 19.1 Å². The average molecular weight is 400 g/mol. The number of carbonyl (C=O) groups excluding carboxylic acids is 1. The van der Waals surface area contributed by atoms with E-state index in [0.29, 0.717) is 17.3 Å². The molecule has 0 unspecified atom stereocenters. The minimum atomic E-state index is -0.534. The fourth-order valence-electron chi connectivity index (χ4n) is 2.79. The van der Waals surface area contributed by atoms with Crippen LogP contribution in [-0.2, 0) is 23.6 Å². The maximum Gasteiger partial charge on any atom is 0.332 e. The second kappa shape index (κ2) is 7.97. The number of methoxy groups -OCH3 is 1. The maximum absolute atomic E-state index is 12.8. The molecule has 28 heavy (non-hydrogen) atoms. The number of esters is 1. The van der Waals surface area contributed by atoms with E-state index in [-0.39, 0.29) is 11.0 Å². The lowest BCUT2D eigenvalue weighted by atomic mass is 10.2. The van der Waals surface area contributed by atoms with Crippen molar-refractivity contribution in [3.05, 3.63) is 51.2 Å². The van der Waals surface area contributed by atoms with Crippen LogP contribution in [0.15, 0.2) is 44.9 Å². The molecule has 2 heterocycles. The second-order valence-electron chi connectivity index (χ2n) is 6.16. The zero-order valence-corrected chi connectivity index (χ0v) is 16.8. The molecule has 0 aliphatic heterocycles. The summed E-state index contributed by atoms with van der Waals surface area (Å²) in [5.74, 6) is -0.0271. The Hall–Kier alpha value is -2.94. The van der Waals surface area contributed by atoms with E-state index in [2.05, 4.69) is 9.97 Å². The Balaban J connectivity index is 2.34. The highest BCUT2D eigenvalue weighted by Crippen LogP contribution is 2.30. The van der Waals surface area contributed by atoms with Crippen LogP contribution in [0.1, 0.15) is 13.3 Å². The molecule has 2 aromatic heterocycles. The van der Waals surface area contributed by atoms with Crippen LogP contribution in [-0.4, -0.2) is 37.4 Å². The van der Waals surface area contributed by atoms with Crippen molar-refractivity contribution in [1.29, 1.82) is 0 Å². The van der Waals surface area contributed by atoms with Crippen LogP contribution in [0.3, 0.4) is 0 Å². The Kier molecular flexibility index (Phi) is 5.64. The van der Waals surface area contributed by atoms with E-state index in [1.54, 1.807) is 7.05 Å². The highest BCUT2D eigenvalue weighted by molar-refractivity contribution is 8.00. The molecule has 0 radical (unpaired) electrons. The van der Waals surface area contributed by atoms with Crippen molar-refractivity contribution in [2.45, 2.75) is 23.6 Å². The molecule has 0 saturated heterocycles. The van der Waals surface area contributed by atoms with Crippen molar-refractivity contribution >= 4 is 28.8 Å². The second-order valence-corrected chi connectivity index (χ2v) is 7.35. The number of ether oxygens (including phenoxy) is 1. The third kappa shape index (κ3) is 3.45. The first-order chi connectivity index (χ1) is 13.4. The van der Waals surface area contributed by atoms with Gasteiger partial charge in [-0.2, -0.15) is 0 Å². The van der Waals surface area contributed by atoms with Gasteiger partial charge in [0.05, 0.1) is 7.11 Å². The standard InChI is InChI=1S/C19H20N4O4S/c1-5-12(18(25)27-4)28-16-13-15(22(2)19(26)23(3)17(13)24)20-14(21-16)11-9-7-6-8-10-11/h6-10,12H,5H2,1-4H3/t12-/m0/s1. The number of benzene rings is 1. The largest absolute Gasteiger partial charge is 0.468 e. The number of aryl methyl sites for hydroxylation is 1. The van der Waals surface area contributed by atoms with Crippen LogP contribution >= 0.6 is 11.8 Å². The fourth-order valence-corrected chi connectivity index (χ4v) is 3.86. The van der Waals surface area contributed by atoms with Crippen molar-refractivity contribution in [3.63, 3.8) is 0 Å². The number of carbonyl (C=O) groups is 1. The van der Waals surface area contributed by atoms with E-state index < -0.39 is 22.5 Å². The Bertz CT molecular complexity index is 1150. The van der Waals surface area contributed by atoms with Gasteiger partial charge in [0.25, 0.3) is 5.56 Å². The van der Waals surface area contributed by atoms with Crippen LogP contribution in [0, 0.1) is 0 Å². The van der Waals surface area contributed by atoms with Gasteiger partial charge in [0.2, 0.25) is 0 Å². The third-order valence-electron chi connectivity index (χ3n) is 4.39. The van der Waals surface area contributed by atoms with Gasteiger partial charge >= 0.3 is 11.7 Å². The number of nitrogens with zero attached hydrogens (tertiary/aromatic N) is 4. The summed E-state index contributed by atoms with van der Waals surface area (Å²) >= 11 is 1.14. The van der Waals surface area contributed by atoms with Crippen molar-refractivity contribution < 1.29 is 9.53 Å². The molecule has 3 aromatic rings. The lowest BCUT2D eigenvalue weighted by Gasteiger charge is -2.15. The van der Waals surface area contributed by atoms with Gasteiger partial charge in [0, 0.05) is 19.7 Å². The summed E-state index contributed by atoms with van der Waals surface area (Å²) in [5, 5.41) is 0.0163. The molecular weight excluding hydrogens is 380 g/mol. The zero-order chi connectivity index (χ0) is 20.4. The lowest BCUT2D eigenvalue weighted by Crippen LogP contribution is -2.37. The van der Waals surface area contributed by atoms with Crippen LogP contribution in [0.25, 0.3) is 22.4 Å². The molecule has 9 heteroatoms. The van der Waals surface area contributed by atoms with Gasteiger partial charge in [0.1, 0.15) is 15.7 Å². The number of thioether (sulfide) groups is 1. The smallest absolute Gasteiger partial charge is 0.332 e. The number of hydrogen-bond donors (Lipinski definition) is 0. The van der Waals surface area contributed by atoms with E-state index in [1.165, 1.54) is 18.7 Å². The SMILES string of the molecule is CC[C@H](Sc1nc(-c2ccccc2)nc2c1c(=O)n(C)c(=O)n2C)C(=O)OC. The highest BCUT2D eigenvalue weighted by atomic mass is 32.2. The molecule has 0 saturated carbocycles. The molecule has 0 fully saturated rings. The van der Waals surface area contributed by atoms with E-state index >= 15 is 0 Å². The van der Waals surface area contributed by atoms with E-state index in [9.17, 15) is 14.4 Å². The van der Waals surface area contributed by atoms with E-state index in [1.807, 2.05) is 37.3 Å². The van der Waals surface area contributed by atoms with Gasteiger partial charge < -0.3 is 4.74 Å². The van der Waals surface area contributed by atoms with Crippen molar-refractivity contribution in [2.24, 2.45) is 14.1 Å². The molecule has 1 atom stereocenters. The first-order valence-corrected chi connectivity index (χ1v) is 9.54. The molecule has 146 valence electrons. The average Bonchev–Trinajstić information content (AvgIpc) is 2.73. The number of hydrogen-bond acceptors (Lipinski definition) is 7. The minimum absolute atomic E-state index is 0.205. The normalized spacial score (nSPS) is 12.1. The van der Waals surface area contributed by atoms with E-state index in [0.717, 1.165) is 21.9 Å². The van der Waals surface area contributed by atoms with E-state index in [4.69, 9.17) is 4.74 Å². The summed E-state index contributed by atoms with van der Waals surface area (Å²) in [6.45, 7) is 1.85. The maximum atomic E-state index is 12.8. The highest BCUT2D eigenvalue weighted by Gasteiger charge is 2.24. The number of rotatable bonds is 5. The van der Waals surface area contributed by atoms with Gasteiger partial charge in [-0.1, -0.05) is 49.0 Å². The molecular formula is C19H20N4O4S. The molecule has 0 aliphatic rings. The number of fused-ring (bicyclic) bond motifs is 1. The lowest BCUT2D eigenvalue weighted by molar-refractivity contribution is -0.140. The summed E-state index contributed by atoms with van der Waals surface area (Å²) in [6, 6.07) is 9.25. The van der Waals surface area contributed by atoms with Crippen LogP contribution in [0.4, 0.5) is 0 Å². The predicted octanol–water partition coefficient (Wildman–Crippen LogP) is 1.74. The monoisotopic (exact) mass is 400 g/mol. The van der Waals surface area contributed by atoms with Crippen LogP contribution in [0.5, 0.6) is 0 Å². The van der Waals surface area contributed by atoms with Gasteiger partial charge in [0.15, 0.2) is 11.5 Å². The Labute approximate surface area is 165 Å². The topological polar surface area (TPSA) is 96.1 Å². The molecule has 3 rings (SSSR count). The molecule has 0 spiro atoms. The van der Waals surface area contributed by atoms with Gasteiger partial charge in [-0.25, -0.2) is 14.8 Å². The molecule has 0 amide bonds. The van der Waals surface area contributed by atoms with Crippen LogP contribution in [0.2, 0.25) is 0 Å². The summed E-state index contributed by atoms with van der Waals surface area (Å²) in [4.78, 5) is 46.3. The van der Waals surface area contributed by atoms with Crippen LogP contribution < -0.4 is 11.2 Å². The van der Waals surface area contributed by atoms with Crippen molar-refractivity contribution in [2.75, 3.05) is 7.11 Å². The summed E-state index contributed by atoms with van der Waals surface area (Å²) < 4.78 is 7.18. The third-order valence-corrected chi connectivity index (χ3v) is 5.72. The Morgan fingerprint density at radius 1 is 1.14 bits per heavy atom. The van der Waals surface area contributed by atoms with Gasteiger partial charge in [-0.15, -0.1) is 0 Å². The summed E-state index contributed by atoms with van der Waals surface area (Å²) in [5.41, 5.74) is -0.0132. The quantitative estimate of drug-likeness (QED) is 0.366. The first-order valence-electron chi connectivity index (χ1n) is 8.66. The molecule has 1 aromatic carbocycles. The van der Waals surface area contributed by atoms with Crippen molar-refractivity contribution in [3.8, 4) is 11.4 Å².